The molecule has 0 aliphatic heterocycles. The Morgan fingerprint density at radius 3 is 2.90 bits per heavy atom. The fourth-order valence-electron chi connectivity index (χ4n) is 2.09. The fourth-order valence-corrected chi connectivity index (χ4v) is 2.84. The van der Waals surface area contributed by atoms with Crippen LogP contribution in [0, 0.1) is 11.8 Å². The molecule has 100 valence electrons. The molecule has 4 heteroatoms. The average Bonchev–Trinajstić information content (AvgIpc) is 2.83. The molecule has 1 aliphatic rings. The second-order valence-corrected chi connectivity index (χ2v) is 5.70. The van der Waals surface area contributed by atoms with Gasteiger partial charge < -0.3 is 5.11 Å². The van der Waals surface area contributed by atoms with Gasteiger partial charge in [0, 0.05) is 16.9 Å². The van der Waals surface area contributed by atoms with Gasteiger partial charge in [0.1, 0.15) is 0 Å². The normalized spacial score (nSPS) is 14.2. The molecular weight excluding hydrogens is 270 g/mol. The number of rotatable bonds is 2. The molecular formula is C16H13NO2S. The summed E-state index contributed by atoms with van der Waals surface area (Å²) in [5, 5.41) is 11.8. The predicted octanol–water partition coefficient (Wildman–Crippen LogP) is 3.51. The van der Waals surface area contributed by atoms with E-state index in [9.17, 15) is 4.79 Å². The first-order chi connectivity index (χ1) is 9.72. The van der Waals surface area contributed by atoms with Crippen molar-refractivity contribution in [3.05, 3.63) is 51.5 Å². The number of benzene rings is 1. The molecule has 0 atom stereocenters. The van der Waals surface area contributed by atoms with E-state index >= 15 is 0 Å². The van der Waals surface area contributed by atoms with Crippen LogP contribution in [0.3, 0.4) is 0 Å². The SMILES string of the molecule is O=C(O)c1cccc(C#Cc2nc(C3CCC3)cs2)c1. The third kappa shape index (κ3) is 2.73. The Bertz CT molecular complexity index is 705. The number of hydrogen-bond acceptors (Lipinski definition) is 3. The Morgan fingerprint density at radius 1 is 1.35 bits per heavy atom. The van der Waals surface area contributed by atoms with Crippen LogP contribution in [0.5, 0.6) is 0 Å². The number of carboxylic acids is 1. The van der Waals surface area contributed by atoms with Crippen molar-refractivity contribution in [2.75, 3.05) is 0 Å². The first kappa shape index (κ1) is 12.9. The van der Waals surface area contributed by atoms with E-state index in [0.717, 1.165) is 10.7 Å². The van der Waals surface area contributed by atoms with Gasteiger partial charge in [-0.2, -0.15) is 0 Å². The van der Waals surface area contributed by atoms with Crippen LogP contribution in [0.2, 0.25) is 0 Å². The third-order valence-corrected chi connectivity index (χ3v) is 4.24. The summed E-state index contributed by atoms with van der Waals surface area (Å²) in [4.78, 5) is 15.4. The summed E-state index contributed by atoms with van der Waals surface area (Å²) in [6.45, 7) is 0. The first-order valence-electron chi connectivity index (χ1n) is 6.53. The molecule has 0 saturated heterocycles. The van der Waals surface area contributed by atoms with Crippen LogP contribution < -0.4 is 0 Å². The zero-order chi connectivity index (χ0) is 13.9. The van der Waals surface area contributed by atoms with Gasteiger partial charge in [0.05, 0.1) is 11.3 Å². The van der Waals surface area contributed by atoms with E-state index in [4.69, 9.17) is 5.11 Å². The summed E-state index contributed by atoms with van der Waals surface area (Å²) >= 11 is 1.56. The highest BCUT2D eigenvalue weighted by Gasteiger charge is 2.21. The molecule has 2 aromatic rings. The summed E-state index contributed by atoms with van der Waals surface area (Å²) in [5.41, 5.74) is 2.11. The number of nitrogens with zero attached hydrogens (tertiary/aromatic N) is 1. The van der Waals surface area contributed by atoms with Gasteiger partial charge in [0.2, 0.25) is 0 Å². The molecule has 0 bridgehead atoms. The van der Waals surface area contributed by atoms with Crippen molar-refractivity contribution in [2.45, 2.75) is 25.2 Å². The molecule has 0 amide bonds. The van der Waals surface area contributed by atoms with Crippen LogP contribution in [0.1, 0.15) is 51.8 Å². The maximum atomic E-state index is 10.9. The monoisotopic (exact) mass is 283 g/mol. The molecule has 1 N–H and O–H groups in total. The quantitative estimate of drug-likeness (QED) is 0.858. The van der Waals surface area contributed by atoms with Crippen molar-refractivity contribution < 1.29 is 9.90 Å². The van der Waals surface area contributed by atoms with Gasteiger partial charge in [-0.3, -0.25) is 0 Å². The highest BCUT2D eigenvalue weighted by Crippen LogP contribution is 2.36. The Kier molecular flexibility index (Phi) is 3.53. The molecule has 0 radical (unpaired) electrons. The largest absolute Gasteiger partial charge is 0.478 e. The molecule has 0 unspecified atom stereocenters. The van der Waals surface area contributed by atoms with Crippen molar-refractivity contribution in [1.82, 2.24) is 4.98 Å². The Hall–Kier alpha value is -2.12. The number of thiazole rings is 1. The van der Waals surface area contributed by atoms with E-state index in [2.05, 4.69) is 22.2 Å². The minimum absolute atomic E-state index is 0.256. The van der Waals surface area contributed by atoms with Crippen molar-refractivity contribution in [3.63, 3.8) is 0 Å². The molecule has 20 heavy (non-hydrogen) atoms. The lowest BCUT2D eigenvalue weighted by atomic mass is 9.83. The Labute approximate surface area is 121 Å². The lowest BCUT2D eigenvalue weighted by Gasteiger charge is -2.22. The zero-order valence-electron chi connectivity index (χ0n) is 10.8. The second kappa shape index (κ2) is 5.48. The second-order valence-electron chi connectivity index (χ2n) is 4.84. The van der Waals surface area contributed by atoms with E-state index in [-0.39, 0.29) is 5.56 Å². The lowest BCUT2D eigenvalue weighted by molar-refractivity contribution is 0.0697. The summed E-state index contributed by atoms with van der Waals surface area (Å²) in [6.07, 6.45) is 3.76. The third-order valence-electron chi connectivity index (χ3n) is 3.47. The maximum absolute atomic E-state index is 10.9. The molecule has 1 aliphatic carbocycles. The van der Waals surface area contributed by atoms with Crippen LogP contribution in [-0.4, -0.2) is 16.1 Å². The molecule has 3 nitrogen and oxygen atoms in total. The Morgan fingerprint density at radius 2 is 2.20 bits per heavy atom. The van der Waals surface area contributed by atoms with Crippen molar-refractivity contribution in [3.8, 4) is 11.8 Å². The highest BCUT2D eigenvalue weighted by molar-refractivity contribution is 7.10. The van der Waals surface area contributed by atoms with Gasteiger partial charge in [-0.15, -0.1) is 11.3 Å². The van der Waals surface area contributed by atoms with E-state index in [1.807, 2.05) is 0 Å². The van der Waals surface area contributed by atoms with Crippen molar-refractivity contribution in [1.29, 1.82) is 0 Å². The van der Waals surface area contributed by atoms with Gasteiger partial charge in [-0.25, -0.2) is 9.78 Å². The van der Waals surface area contributed by atoms with Gasteiger partial charge in [-0.1, -0.05) is 18.4 Å². The van der Waals surface area contributed by atoms with Crippen LogP contribution >= 0.6 is 11.3 Å². The van der Waals surface area contributed by atoms with Gasteiger partial charge in [-0.05, 0) is 37.0 Å². The summed E-state index contributed by atoms with van der Waals surface area (Å²) in [6, 6.07) is 6.65. The van der Waals surface area contributed by atoms with E-state index in [1.165, 1.54) is 19.3 Å². The predicted molar refractivity (Wildman–Crippen MR) is 78.1 cm³/mol. The van der Waals surface area contributed by atoms with Crippen molar-refractivity contribution >= 4 is 17.3 Å². The number of carboxylic acid groups (broad SMARTS) is 1. The van der Waals surface area contributed by atoms with Crippen molar-refractivity contribution in [2.24, 2.45) is 0 Å². The average molecular weight is 283 g/mol. The molecule has 1 aromatic heterocycles. The number of aromatic nitrogens is 1. The van der Waals surface area contributed by atoms with E-state index in [0.29, 0.717) is 11.5 Å². The highest BCUT2D eigenvalue weighted by atomic mass is 32.1. The molecule has 0 spiro atoms. The first-order valence-corrected chi connectivity index (χ1v) is 7.41. The molecule has 1 heterocycles. The van der Waals surface area contributed by atoms with Gasteiger partial charge in [0.25, 0.3) is 0 Å². The number of hydrogen-bond donors (Lipinski definition) is 1. The van der Waals surface area contributed by atoms with Crippen LogP contribution in [0.25, 0.3) is 0 Å². The van der Waals surface area contributed by atoms with E-state index < -0.39 is 5.97 Å². The molecule has 1 saturated carbocycles. The van der Waals surface area contributed by atoms with Crippen LogP contribution in [0.4, 0.5) is 0 Å². The minimum atomic E-state index is -0.935. The zero-order valence-corrected chi connectivity index (χ0v) is 11.6. The number of carbonyl (C=O) groups is 1. The van der Waals surface area contributed by atoms with Crippen LogP contribution in [-0.2, 0) is 0 Å². The Balaban J connectivity index is 1.79. The summed E-state index contributed by atoms with van der Waals surface area (Å²) in [5.74, 6) is 5.68. The molecule has 3 rings (SSSR count). The molecule has 1 fully saturated rings. The smallest absolute Gasteiger partial charge is 0.335 e. The standard InChI is InChI=1S/C16H13NO2S/c18-16(19)13-6-1-3-11(9-13)7-8-15-17-14(10-20-15)12-4-2-5-12/h1,3,6,9-10,12H,2,4-5H2,(H,18,19). The summed E-state index contributed by atoms with van der Waals surface area (Å²) < 4.78 is 0. The lowest BCUT2D eigenvalue weighted by Crippen LogP contribution is -2.08. The van der Waals surface area contributed by atoms with E-state index in [1.54, 1.807) is 35.6 Å². The number of aromatic carboxylic acids is 1. The summed E-state index contributed by atoms with van der Waals surface area (Å²) in [7, 11) is 0. The fraction of sp³-hybridized carbons (Fsp3) is 0.250. The van der Waals surface area contributed by atoms with Gasteiger partial charge >= 0.3 is 5.97 Å². The van der Waals surface area contributed by atoms with Gasteiger partial charge in [0.15, 0.2) is 5.01 Å². The topological polar surface area (TPSA) is 50.2 Å². The maximum Gasteiger partial charge on any atom is 0.335 e. The van der Waals surface area contributed by atoms with Crippen LogP contribution in [0.15, 0.2) is 29.6 Å². The molecule has 1 aromatic carbocycles. The minimum Gasteiger partial charge on any atom is -0.478 e.